The summed E-state index contributed by atoms with van der Waals surface area (Å²) < 4.78 is 32.8. The molecule has 0 aromatic rings. The monoisotopic (exact) mass is 374 g/mol. The average Bonchev–Trinajstić information content (AvgIpc) is 2.78. The molecule has 2 rings (SSSR count). The zero-order chi connectivity index (χ0) is 17.2. The van der Waals surface area contributed by atoms with Crippen LogP contribution in [0.1, 0.15) is 26.7 Å². The van der Waals surface area contributed by atoms with Gasteiger partial charge in [0.25, 0.3) is 16.0 Å². The minimum absolute atomic E-state index is 0.139. The topological polar surface area (TPSA) is 77.9 Å². The fourth-order valence-corrected chi connectivity index (χ4v) is 4.72. The molecule has 1 saturated heterocycles. The third kappa shape index (κ3) is 3.85. The first-order chi connectivity index (χ1) is 10.8. The van der Waals surface area contributed by atoms with E-state index in [1.54, 1.807) is 24.6 Å². The molecule has 23 heavy (non-hydrogen) atoms. The summed E-state index contributed by atoms with van der Waals surface area (Å²) in [6.45, 7) is 4.22. The Morgan fingerprint density at radius 1 is 1.30 bits per heavy atom. The van der Waals surface area contributed by atoms with Gasteiger partial charge in [0.05, 0.1) is 4.91 Å². The van der Waals surface area contributed by atoms with E-state index in [9.17, 15) is 17.8 Å². The lowest BCUT2D eigenvalue weighted by molar-refractivity contribution is -0.122. The van der Waals surface area contributed by atoms with Crippen LogP contribution in [-0.4, -0.2) is 44.9 Å². The summed E-state index contributed by atoms with van der Waals surface area (Å²) in [4.78, 5) is 15.8. The highest BCUT2D eigenvalue weighted by molar-refractivity contribution is 8.26. The van der Waals surface area contributed by atoms with Crippen molar-refractivity contribution in [3.8, 4) is 0 Å². The van der Waals surface area contributed by atoms with Crippen molar-refractivity contribution in [1.29, 1.82) is 0 Å². The normalized spacial score (nSPS) is 20.0. The molecule has 2 heterocycles. The maximum absolute atomic E-state index is 12.3. The Labute approximate surface area is 145 Å². The molecule has 1 amide bonds. The van der Waals surface area contributed by atoms with Gasteiger partial charge in [-0.05, 0) is 31.1 Å². The molecule has 1 unspecified atom stereocenters. The summed E-state index contributed by atoms with van der Waals surface area (Å²) in [7, 11) is -4.19. The highest BCUT2D eigenvalue weighted by Gasteiger charge is 2.33. The van der Waals surface area contributed by atoms with Gasteiger partial charge in [0, 0.05) is 18.9 Å². The van der Waals surface area contributed by atoms with Crippen molar-refractivity contribution in [2.45, 2.75) is 32.1 Å². The minimum Gasteiger partial charge on any atom is -0.335 e. The highest BCUT2D eigenvalue weighted by Crippen LogP contribution is 2.35. The van der Waals surface area contributed by atoms with Gasteiger partial charge < -0.3 is 4.90 Å². The first-order valence-corrected chi connectivity index (χ1v) is 9.90. The summed E-state index contributed by atoms with van der Waals surface area (Å²) >= 11 is 6.41. The van der Waals surface area contributed by atoms with Crippen LogP contribution in [0.25, 0.3) is 0 Å². The number of rotatable bonds is 5. The number of hydrogen-bond acceptors (Lipinski definition) is 6. The van der Waals surface area contributed by atoms with Gasteiger partial charge >= 0.3 is 0 Å². The van der Waals surface area contributed by atoms with Crippen LogP contribution in [0.4, 0.5) is 0 Å². The van der Waals surface area contributed by atoms with E-state index in [0.717, 1.165) is 0 Å². The average molecular weight is 375 g/mol. The smallest absolute Gasteiger partial charge is 0.286 e. The number of likely N-dealkylation sites (N-methyl/N-ethyl adjacent to an activating group) is 1. The van der Waals surface area contributed by atoms with Crippen molar-refractivity contribution in [1.82, 2.24) is 9.80 Å². The summed E-state index contributed by atoms with van der Waals surface area (Å²) in [5, 5.41) is -1.02. The second kappa shape index (κ2) is 7.16. The summed E-state index contributed by atoms with van der Waals surface area (Å²) in [6, 6.07) is 0. The molecule has 1 N–H and O–H groups in total. The Morgan fingerprint density at radius 2 is 1.91 bits per heavy atom. The molecule has 0 radical (unpaired) electrons. The number of carbonyl (C=O) groups excluding carboxylic acids is 1. The highest BCUT2D eigenvalue weighted by atomic mass is 32.2. The van der Waals surface area contributed by atoms with Gasteiger partial charge in [0.15, 0.2) is 5.37 Å². The molecule has 6 nitrogen and oxygen atoms in total. The van der Waals surface area contributed by atoms with E-state index < -0.39 is 15.5 Å². The Morgan fingerprint density at radius 3 is 2.35 bits per heavy atom. The van der Waals surface area contributed by atoms with Crippen LogP contribution >= 0.6 is 24.0 Å². The van der Waals surface area contributed by atoms with Crippen molar-refractivity contribution >= 4 is 44.3 Å². The predicted octanol–water partition coefficient (Wildman–Crippen LogP) is 2.48. The lowest BCUT2D eigenvalue weighted by Gasteiger charge is -2.26. The van der Waals surface area contributed by atoms with Crippen LogP contribution in [0.2, 0.25) is 0 Å². The van der Waals surface area contributed by atoms with E-state index in [-0.39, 0.29) is 5.91 Å². The van der Waals surface area contributed by atoms with E-state index in [0.29, 0.717) is 34.2 Å². The SMILES string of the molecule is CCCC(N1C=CC(=C2SC(=S)N(CC)C2=O)C=C1)S(=O)(=O)O. The predicted molar refractivity (Wildman–Crippen MR) is 95.0 cm³/mol. The van der Waals surface area contributed by atoms with Gasteiger partial charge in [0.1, 0.15) is 4.32 Å². The summed E-state index contributed by atoms with van der Waals surface area (Å²) in [6.07, 6.45) is 7.36. The Kier molecular flexibility index (Phi) is 5.66. The Bertz CT molecular complexity index is 694. The van der Waals surface area contributed by atoms with E-state index >= 15 is 0 Å². The van der Waals surface area contributed by atoms with Crippen LogP contribution in [0.3, 0.4) is 0 Å². The number of amides is 1. The Balaban J connectivity index is 2.25. The van der Waals surface area contributed by atoms with Crippen LogP contribution in [0, 0.1) is 0 Å². The first kappa shape index (κ1) is 18.2. The van der Waals surface area contributed by atoms with Gasteiger partial charge in [-0.3, -0.25) is 14.2 Å². The van der Waals surface area contributed by atoms with E-state index in [2.05, 4.69) is 0 Å². The second-order valence-corrected chi connectivity index (χ2v) is 8.26. The zero-order valence-corrected chi connectivity index (χ0v) is 15.2. The van der Waals surface area contributed by atoms with Crippen molar-refractivity contribution < 1.29 is 17.8 Å². The maximum atomic E-state index is 12.3. The molecule has 0 aromatic heterocycles. The standard InChI is InChI=1S/C14H18N2O4S3/c1-3-5-11(23(18,19)20)15-8-6-10(7-9-15)12-13(17)16(4-2)14(21)22-12/h6-9,11H,3-5H2,1-2H3,(H,18,19,20). The first-order valence-electron chi connectivity index (χ1n) is 7.17. The molecule has 0 saturated carbocycles. The van der Waals surface area contributed by atoms with Gasteiger partial charge in [0.2, 0.25) is 0 Å². The molecular formula is C14H18N2O4S3. The van der Waals surface area contributed by atoms with Crippen LogP contribution in [0.5, 0.6) is 0 Å². The third-order valence-electron chi connectivity index (χ3n) is 3.49. The Hall–Kier alpha value is -1.16. The number of hydrogen-bond donors (Lipinski definition) is 1. The summed E-state index contributed by atoms with van der Waals surface area (Å²) in [5.41, 5.74) is 0.681. The van der Waals surface area contributed by atoms with E-state index in [1.807, 2.05) is 13.8 Å². The van der Waals surface area contributed by atoms with Crippen LogP contribution in [0.15, 0.2) is 35.0 Å². The quantitative estimate of drug-likeness (QED) is 0.450. The van der Waals surface area contributed by atoms with Crippen molar-refractivity contribution in [3.63, 3.8) is 0 Å². The number of thioether (sulfide) groups is 1. The molecule has 0 aromatic carbocycles. The summed E-state index contributed by atoms with van der Waals surface area (Å²) in [5.74, 6) is -0.139. The van der Waals surface area contributed by atoms with E-state index in [1.165, 1.54) is 21.6 Å². The molecule has 0 bridgehead atoms. The van der Waals surface area contributed by atoms with Gasteiger partial charge in [-0.2, -0.15) is 8.42 Å². The number of thiocarbonyl (C=S) groups is 1. The fraction of sp³-hybridized carbons (Fsp3) is 0.429. The van der Waals surface area contributed by atoms with Crippen LogP contribution < -0.4 is 0 Å². The van der Waals surface area contributed by atoms with Crippen molar-refractivity contribution in [2.75, 3.05) is 6.54 Å². The van der Waals surface area contributed by atoms with Gasteiger partial charge in [-0.25, -0.2) is 0 Å². The van der Waals surface area contributed by atoms with E-state index in [4.69, 9.17) is 12.2 Å². The fourth-order valence-electron chi connectivity index (χ4n) is 2.33. The molecule has 2 aliphatic rings. The minimum atomic E-state index is -4.19. The molecule has 1 atom stereocenters. The van der Waals surface area contributed by atoms with Crippen molar-refractivity contribution in [2.24, 2.45) is 0 Å². The van der Waals surface area contributed by atoms with Gasteiger partial charge in [-0.1, -0.05) is 37.3 Å². The molecule has 126 valence electrons. The molecule has 0 spiro atoms. The third-order valence-corrected chi connectivity index (χ3v) is 6.14. The number of carbonyl (C=O) groups is 1. The molecule has 0 aliphatic carbocycles. The zero-order valence-electron chi connectivity index (χ0n) is 12.8. The van der Waals surface area contributed by atoms with Crippen LogP contribution in [-0.2, 0) is 14.9 Å². The maximum Gasteiger partial charge on any atom is 0.286 e. The molecule has 2 aliphatic heterocycles. The number of nitrogens with zero attached hydrogens (tertiary/aromatic N) is 2. The lowest BCUT2D eigenvalue weighted by atomic mass is 10.2. The van der Waals surface area contributed by atoms with Crippen molar-refractivity contribution in [3.05, 3.63) is 35.0 Å². The molecular weight excluding hydrogens is 356 g/mol. The second-order valence-electron chi connectivity index (χ2n) is 5.04. The number of allylic oxidation sites excluding steroid dienone is 3. The molecule has 1 fully saturated rings. The largest absolute Gasteiger partial charge is 0.335 e. The molecule has 9 heteroatoms. The van der Waals surface area contributed by atoms with Gasteiger partial charge in [-0.15, -0.1) is 0 Å². The lowest BCUT2D eigenvalue weighted by Crippen LogP contribution is -2.34.